The first kappa shape index (κ1) is 9.07. The zero-order valence-corrected chi connectivity index (χ0v) is 9.00. The number of pyridine rings is 1. The van der Waals surface area contributed by atoms with Gasteiger partial charge in [-0.1, -0.05) is 6.92 Å². The molecule has 1 aromatic rings. The molecule has 0 spiro atoms. The van der Waals surface area contributed by atoms with Gasteiger partial charge in [0.15, 0.2) is 0 Å². The van der Waals surface area contributed by atoms with Crippen molar-refractivity contribution in [3.05, 3.63) is 22.4 Å². The average molecular weight is 232 g/mol. The molecule has 0 aliphatic rings. The molecule has 1 nitrogen and oxygen atoms in total. The van der Waals surface area contributed by atoms with E-state index < -0.39 is 0 Å². The molecular weight excluding hydrogens is 222 g/mol. The quantitative estimate of drug-likeness (QED) is 0.726. The summed E-state index contributed by atoms with van der Waals surface area (Å²) in [5, 5.41) is 0. The van der Waals surface area contributed by atoms with Crippen LogP contribution < -0.4 is 0 Å². The largest absolute Gasteiger partial charge is 0.259 e. The van der Waals surface area contributed by atoms with Crippen LogP contribution in [0.3, 0.4) is 0 Å². The van der Waals surface area contributed by atoms with Crippen molar-refractivity contribution < 1.29 is 0 Å². The van der Waals surface area contributed by atoms with E-state index in [-0.39, 0.29) is 0 Å². The van der Waals surface area contributed by atoms with Crippen LogP contribution in [0.15, 0.2) is 21.6 Å². The molecule has 0 bridgehead atoms. The molecule has 0 amide bonds. The molecule has 60 valence electrons. The second-order valence-corrected chi connectivity index (χ2v) is 4.39. The predicted molar refractivity (Wildman–Crippen MR) is 53.1 cm³/mol. The number of thioether (sulfide) groups is 1. The molecule has 0 aliphatic heterocycles. The van der Waals surface area contributed by atoms with Crippen molar-refractivity contribution in [2.75, 3.05) is 5.75 Å². The van der Waals surface area contributed by atoms with E-state index in [2.05, 4.69) is 33.9 Å². The van der Waals surface area contributed by atoms with E-state index in [4.69, 9.17) is 0 Å². The van der Waals surface area contributed by atoms with Crippen LogP contribution in [0.4, 0.5) is 0 Å². The summed E-state index contributed by atoms with van der Waals surface area (Å²) in [5.41, 5.74) is 1.11. The summed E-state index contributed by atoms with van der Waals surface area (Å²) in [6.45, 7) is 4.18. The minimum Gasteiger partial charge on any atom is -0.259 e. The maximum absolute atomic E-state index is 4.23. The molecule has 0 unspecified atom stereocenters. The van der Waals surface area contributed by atoms with Crippen LogP contribution in [0.1, 0.15) is 12.6 Å². The molecule has 0 N–H and O–H groups in total. The second kappa shape index (κ2) is 4.12. The number of hydrogen-bond acceptors (Lipinski definition) is 2. The summed E-state index contributed by atoms with van der Waals surface area (Å²) in [6.07, 6.45) is 1.83. The highest BCUT2D eigenvalue weighted by Crippen LogP contribution is 2.23. The Morgan fingerprint density at radius 2 is 2.36 bits per heavy atom. The van der Waals surface area contributed by atoms with E-state index in [9.17, 15) is 0 Å². The van der Waals surface area contributed by atoms with Crippen LogP contribution in [-0.4, -0.2) is 10.7 Å². The fourth-order valence-electron chi connectivity index (χ4n) is 0.791. The molecule has 3 heteroatoms. The van der Waals surface area contributed by atoms with E-state index in [0.717, 1.165) is 15.9 Å². The van der Waals surface area contributed by atoms with Gasteiger partial charge in [0.05, 0.1) is 5.69 Å². The third-order valence-electron chi connectivity index (χ3n) is 1.31. The van der Waals surface area contributed by atoms with Crippen LogP contribution in [0.25, 0.3) is 0 Å². The van der Waals surface area contributed by atoms with E-state index in [1.54, 1.807) is 0 Å². The van der Waals surface area contributed by atoms with E-state index in [0.29, 0.717) is 0 Å². The van der Waals surface area contributed by atoms with Crippen molar-refractivity contribution in [3.8, 4) is 0 Å². The van der Waals surface area contributed by atoms with Crippen molar-refractivity contribution in [2.45, 2.75) is 18.7 Å². The molecule has 0 saturated carbocycles. The molecule has 1 aromatic heterocycles. The van der Waals surface area contributed by atoms with Crippen LogP contribution in [0.5, 0.6) is 0 Å². The third kappa shape index (κ3) is 2.49. The maximum Gasteiger partial charge on any atom is 0.0509 e. The lowest BCUT2D eigenvalue weighted by Crippen LogP contribution is -1.84. The van der Waals surface area contributed by atoms with Gasteiger partial charge in [-0.3, -0.25) is 4.98 Å². The Morgan fingerprint density at radius 1 is 1.64 bits per heavy atom. The minimum atomic E-state index is 1.05. The summed E-state index contributed by atoms with van der Waals surface area (Å²) in [6, 6.07) is 2.11. The first-order valence-electron chi connectivity index (χ1n) is 3.49. The summed E-state index contributed by atoms with van der Waals surface area (Å²) in [5.74, 6) is 1.10. The van der Waals surface area contributed by atoms with Gasteiger partial charge in [0.25, 0.3) is 0 Å². The standard InChI is InChI=1S/C8H10BrNS/c1-3-11-8-4-7(9)5-10-6(8)2/h4-5H,3H2,1-2H3. The Labute approximate surface area is 79.7 Å². The summed E-state index contributed by atoms with van der Waals surface area (Å²) in [7, 11) is 0. The van der Waals surface area contributed by atoms with Gasteiger partial charge in [0.1, 0.15) is 0 Å². The lowest BCUT2D eigenvalue weighted by Gasteiger charge is -2.01. The number of aromatic nitrogens is 1. The fraction of sp³-hybridized carbons (Fsp3) is 0.375. The molecule has 0 atom stereocenters. The highest BCUT2D eigenvalue weighted by molar-refractivity contribution is 9.10. The zero-order chi connectivity index (χ0) is 8.27. The van der Waals surface area contributed by atoms with Crippen LogP contribution in [0, 0.1) is 6.92 Å². The van der Waals surface area contributed by atoms with Crippen molar-refractivity contribution in [1.82, 2.24) is 4.98 Å². The SMILES string of the molecule is CCSc1cc(Br)cnc1C. The highest BCUT2D eigenvalue weighted by Gasteiger charge is 1.98. The normalized spacial score (nSPS) is 10.1. The van der Waals surface area contributed by atoms with Gasteiger partial charge >= 0.3 is 0 Å². The Morgan fingerprint density at radius 3 is 3.00 bits per heavy atom. The van der Waals surface area contributed by atoms with Crippen molar-refractivity contribution in [1.29, 1.82) is 0 Å². The summed E-state index contributed by atoms with van der Waals surface area (Å²) < 4.78 is 1.05. The fourth-order valence-corrected chi connectivity index (χ4v) is 2.06. The molecule has 11 heavy (non-hydrogen) atoms. The number of rotatable bonds is 2. The van der Waals surface area contributed by atoms with Gasteiger partial charge in [0.2, 0.25) is 0 Å². The molecule has 1 heterocycles. The Balaban J connectivity index is 2.93. The molecular formula is C8H10BrNS. The highest BCUT2D eigenvalue weighted by atomic mass is 79.9. The Hall–Kier alpha value is -0.0200. The molecule has 0 aromatic carbocycles. The van der Waals surface area contributed by atoms with E-state index >= 15 is 0 Å². The smallest absolute Gasteiger partial charge is 0.0509 e. The van der Waals surface area contributed by atoms with Crippen LogP contribution in [-0.2, 0) is 0 Å². The average Bonchev–Trinajstić information content (AvgIpc) is 1.98. The van der Waals surface area contributed by atoms with Crippen LogP contribution in [0.2, 0.25) is 0 Å². The van der Waals surface area contributed by atoms with Gasteiger partial charge < -0.3 is 0 Å². The number of hydrogen-bond donors (Lipinski definition) is 0. The predicted octanol–water partition coefficient (Wildman–Crippen LogP) is 3.26. The molecule has 0 saturated heterocycles. The molecule has 1 rings (SSSR count). The first-order valence-corrected chi connectivity index (χ1v) is 5.27. The van der Waals surface area contributed by atoms with Gasteiger partial charge in [-0.2, -0.15) is 0 Å². The van der Waals surface area contributed by atoms with Gasteiger partial charge in [-0.15, -0.1) is 11.8 Å². The lowest BCUT2D eigenvalue weighted by atomic mass is 10.4. The first-order chi connectivity index (χ1) is 5.24. The van der Waals surface area contributed by atoms with Crippen molar-refractivity contribution in [2.24, 2.45) is 0 Å². The second-order valence-electron chi connectivity index (χ2n) is 2.17. The lowest BCUT2D eigenvalue weighted by molar-refractivity contribution is 1.10. The minimum absolute atomic E-state index is 1.05. The van der Waals surface area contributed by atoms with Crippen molar-refractivity contribution >= 4 is 27.7 Å². The number of halogens is 1. The molecule has 0 fully saturated rings. The number of nitrogens with zero attached hydrogens (tertiary/aromatic N) is 1. The summed E-state index contributed by atoms with van der Waals surface area (Å²) in [4.78, 5) is 5.50. The molecule has 0 radical (unpaired) electrons. The topological polar surface area (TPSA) is 12.9 Å². The zero-order valence-electron chi connectivity index (χ0n) is 6.60. The maximum atomic E-state index is 4.23. The van der Waals surface area contributed by atoms with E-state index in [1.807, 2.05) is 24.9 Å². The van der Waals surface area contributed by atoms with Crippen LogP contribution >= 0.6 is 27.7 Å². The summed E-state index contributed by atoms with van der Waals surface area (Å²) >= 11 is 5.21. The van der Waals surface area contributed by atoms with E-state index in [1.165, 1.54) is 4.90 Å². The van der Waals surface area contributed by atoms with Gasteiger partial charge in [0, 0.05) is 15.6 Å². The third-order valence-corrected chi connectivity index (χ3v) is 2.75. The van der Waals surface area contributed by atoms with Gasteiger partial charge in [-0.25, -0.2) is 0 Å². The Kier molecular flexibility index (Phi) is 3.40. The molecule has 0 aliphatic carbocycles. The van der Waals surface area contributed by atoms with Gasteiger partial charge in [-0.05, 0) is 34.7 Å². The number of aryl methyl sites for hydroxylation is 1. The Bertz CT molecular complexity index is 250. The van der Waals surface area contributed by atoms with Crippen molar-refractivity contribution in [3.63, 3.8) is 0 Å². The monoisotopic (exact) mass is 231 g/mol.